The Balaban J connectivity index is 1.27. The molecule has 0 radical (unpaired) electrons. The lowest BCUT2D eigenvalue weighted by Crippen LogP contribution is -2.03. The topological polar surface area (TPSA) is 104 Å². The predicted octanol–water partition coefficient (Wildman–Crippen LogP) is 9.48. The van der Waals surface area contributed by atoms with Gasteiger partial charge in [0.25, 0.3) is 0 Å². The number of carbonyl (C=O) groups is 2. The molecular formula is C44H30N4O4. The van der Waals surface area contributed by atoms with E-state index >= 15 is 0 Å². The molecule has 0 spiro atoms. The first-order chi connectivity index (χ1) is 25.5. The number of hydrogen-bond donors (Lipinski definition) is 0. The first-order valence-corrected chi connectivity index (χ1v) is 16.6. The van der Waals surface area contributed by atoms with Crippen LogP contribution in [0.25, 0.3) is 78.2 Å². The van der Waals surface area contributed by atoms with Gasteiger partial charge in [-0.25, -0.2) is 29.5 Å². The summed E-state index contributed by atoms with van der Waals surface area (Å²) in [5.74, 6) is -0.917. The second-order valence-corrected chi connectivity index (χ2v) is 12.1. The Morgan fingerprint density at radius 1 is 0.365 bits per heavy atom. The zero-order chi connectivity index (χ0) is 35.6. The zero-order valence-corrected chi connectivity index (χ0v) is 28.3. The minimum Gasteiger partial charge on any atom is -0.465 e. The second-order valence-electron chi connectivity index (χ2n) is 12.1. The van der Waals surface area contributed by atoms with Crippen molar-refractivity contribution in [3.05, 3.63) is 157 Å². The first-order valence-electron chi connectivity index (χ1n) is 16.6. The summed E-state index contributed by atoms with van der Waals surface area (Å²) in [5.41, 5.74) is 11.6. The molecule has 8 aromatic rings. The SMILES string of the molecule is COC(=O)c1cccc(-c2nc3ccc(-c4ccc5nc(-c6ccccc6)c(-c6ccccc6)nc5c4)cc3nc2-c2cccc(C(=O)OC)c2)c1. The molecule has 2 aromatic heterocycles. The number of aromatic nitrogens is 4. The Kier molecular flexibility index (Phi) is 8.46. The molecule has 0 atom stereocenters. The summed E-state index contributed by atoms with van der Waals surface area (Å²) in [5, 5.41) is 0. The Bertz CT molecular complexity index is 2640. The lowest BCUT2D eigenvalue weighted by molar-refractivity contribution is 0.0592. The van der Waals surface area contributed by atoms with Crippen LogP contribution in [0.15, 0.2) is 146 Å². The second kappa shape index (κ2) is 13.7. The van der Waals surface area contributed by atoms with E-state index in [1.165, 1.54) is 14.2 Å². The number of nitrogens with zero attached hydrogens (tertiary/aromatic N) is 4. The van der Waals surface area contributed by atoms with Crippen molar-refractivity contribution in [2.24, 2.45) is 0 Å². The highest BCUT2D eigenvalue weighted by atomic mass is 16.5. The van der Waals surface area contributed by atoms with Crippen molar-refractivity contribution >= 4 is 34.0 Å². The van der Waals surface area contributed by atoms with Crippen LogP contribution in [-0.4, -0.2) is 46.1 Å². The molecule has 0 bridgehead atoms. The molecule has 0 fully saturated rings. The van der Waals surface area contributed by atoms with Gasteiger partial charge in [0.05, 0.1) is 70.2 Å². The molecule has 0 saturated heterocycles. The van der Waals surface area contributed by atoms with Crippen LogP contribution in [0.4, 0.5) is 0 Å². The number of ether oxygens (including phenoxy) is 2. The fourth-order valence-electron chi connectivity index (χ4n) is 6.29. The number of benzene rings is 6. The van der Waals surface area contributed by atoms with Gasteiger partial charge in [-0.2, -0.15) is 0 Å². The molecule has 8 nitrogen and oxygen atoms in total. The van der Waals surface area contributed by atoms with E-state index in [-0.39, 0.29) is 0 Å². The molecule has 0 aliphatic rings. The summed E-state index contributed by atoms with van der Waals surface area (Å²) in [6.07, 6.45) is 0. The lowest BCUT2D eigenvalue weighted by Gasteiger charge is -2.13. The van der Waals surface area contributed by atoms with Crippen molar-refractivity contribution in [3.63, 3.8) is 0 Å². The maximum Gasteiger partial charge on any atom is 0.337 e. The van der Waals surface area contributed by atoms with Gasteiger partial charge in [0, 0.05) is 22.3 Å². The Morgan fingerprint density at radius 2 is 0.731 bits per heavy atom. The van der Waals surface area contributed by atoms with Crippen molar-refractivity contribution < 1.29 is 19.1 Å². The van der Waals surface area contributed by atoms with Gasteiger partial charge in [0.2, 0.25) is 0 Å². The molecule has 0 amide bonds. The van der Waals surface area contributed by atoms with Gasteiger partial charge >= 0.3 is 11.9 Å². The molecule has 0 saturated carbocycles. The minimum atomic E-state index is -0.460. The summed E-state index contributed by atoms with van der Waals surface area (Å²) >= 11 is 0. The van der Waals surface area contributed by atoms with E-state index in [4.69, 9.17) is 29.4 Å². The Labute approximate surface area is 299 Å². The van der Waals surface area contributed by atoms with Crippen molar-refractivity contribution in [1.29, 1.82) is 0 Å². The zero-order valence-electron chi connectivity index (χ0n) is 28.3. The molecule has 0 aliphatic heterocycles. The molecule has 8 heteroatoms. The maximum absolute atomic E-state index is 12.5. The number of hydrogen-bond acceptors (Lipinski definition) is 8. The molecule has 250 valence electrons. The van der Waals surface area contributed by atoms with Gasteiger partial charge in [-0.15, -0.1) is 0 Å². The number of fused-ring (bicyclic) bond motifs is 2. The highest BCUT2D eigenvalue weighted by Crippen LogP contribution is 2.35. The molecule has 0 unspecified atom stereocenters. The number of carbonyl (C=O) groups excluding carboxylic acids is 2. The van der Waals surface area contributed by atoms with E-state index in [2.05, 4.69) is 0 Å². The first kappa shape index (κ1) is 32.2. The van der Waals surface area contributed by atoms with Crippen molar-refractivity contribution in [2.45, 2.75) is 0 Å². The Morgan fingerprint density at radius 3 is 1.13 bits per heavy atom. The summed E-state index contributed by atoms with van der Waals surface area (Å²) in [4.78, 5) is 45.4. The van der Waals surface area contributed by atoms with Crippen LogP contribution in [0.3, 0.4) is 0 Å². The van der Waals surface area contributed by atoms with E-state index in [1.54, 1.807) is 36.4 Å². The predicted molar refractivity (Wildman–Crippen MR) is 202 cm³/mol. The van der Waals surface area contributed by atoms with Gasteiger partial charge in [-0.1, -0.05) is 97.1 Å². The third-order valence-electron chi connectivity index (χ3n) is 8.87. The van der Waals surface area contributed by atoms with Crippen LogP contribution in [0.2, 0.25) is 0 Å². The molecule has 0 aliphatic carbocycles. The van der Waals surface area contributed by atoms with Crippen LogP contribution >= 0.6 is 0 Å². The molecule has 2 heterocycles. The summed E-state index contributed by atoms with van der Waals surface area (Å²) in [6.45, 7) is 0. The molecule has 52 heavy (non-hydrogen) atoms. The van der Waals surface area contributed by atoms with Gasteiger partial charge < -0.3 is 9.47 Å². The average Bonchev–Trinajstić information content (AvgIpc) is 3.22. The van der Waals surface area contributed by atoms with Crippen molar-refractivity contribution in [2.75, 3.05) is 14.2 Å². The van der Waals surface area contributed by atoms with Crippen LogP contribution < -0.4 is 0 Å². The smallest absolute Gasteiger partial charge is 0.337 e. The van der Waals surface area contributed by atoms with Crippen LogP contribution in [0, 0.1) is 0 Å². The van der Waals surface area contributed by atoms with Crippen LogP contribution in [0.5, 0.6) is 0 Å². The standard InChI is InChI=1S/C44H30N4O4/c1-51-43(49)33-17-9-15-31(23-33)41-42(32-16-10-18-34(24-32)44(50)52-2)48-38-26-30(20-22-36(38)46-41)29-19-21-35-37(25-29)47-40(28-13-7-4-8-14-28)39(45-35)27-11-5-3-6-12-27/h3-26H,1-2H3. The lowest BCUT2D eigenvalue weighted by atomic mass is 9.99. The van der Waals surface area contributed by atoms with Gasteiger partial charge in [0.15, 0.2) is 0 Å². The van der Waals surface area contributed by atoms with E-state index in [9.17, 15) is 9.59 Å². The highest BCUT2D eigenvalue weighted by Gasteiger charge is 2.18. The minimum absolute atomic E-state index is 0.382. The van der Waals surface area contributed by atoms with Crippen molar-refractivity contribution in [3.8, 4) is 56.2 Å². The largest absolute Gasteiger partial charge is 0.465 e. The highest BCUT2D eigenvalue weighted by molar-refractivity contribution is 5.96. The third-order valence-corrected chi connectivity index (χ3v) is 8.87. The van der Waals surface area contributed by atoms with Crippen molar-refractivity contribution in [1.82, 2.24) is 19.9 Å². The van der Waals surface area contributed by atoms with E-state index in [1.807, 2.05) is 109 Å². The molecule has 8 rings (SSSR count). The quantitative estimate of drug-likeness (QED) is 0.154. The van der Waals surface area contributed by atoms with Gasteiger partial charge in [0.1, 0.15) is 0 Å². The fraction of sp³-hybridized carbons (Fsp3) is 0.0455. The van der Waals surface area contributed by atoms with E-state index in [0.29, 0.717) is 44.7 Å². The summed E-state index contributed by atoms with van der Waals surface area (Å²) < 4.78 is 9.96. The van der Waals surface area contributed by atoms with E-state index < -0.39 is 11.9 Å². The van der Waals surface area contributed by atoms with Crippen LogP contribution in [-0.2, 0) is 9.47 Å². The number of methoxy groups -OCH3 is 2. The number of rotatable bonds is 7. The van der Waals surface area contributed by atoms with Gasteiger partial charge in [-0.3, -0.25) is 0 Å². The summed E-state index contributed by atoms with van der Waals surface area (Å²) in [6, 6.07) is 46.3. The number of esters is 2. The van der Waals surface area contributed by atoms with Crippen LogP contribution in [0.1, 0.15) is 20.7 Å². The molecule has 0 N–H and O–H groups in total. The average molecular weight is 679 g/mol. The normalized spacial score (nSPS) is 11.0. The van der Waals surface area contributed by atoms with E-state index in [0.717, 1.165) is 44.7 Å². The summed E-state index contributed by atoms with van der Waals surface area (Å²) in [7, 11) is 2.69. The Hall–Kier alpha value is -7.06. The van der Waals surface area contributed by atoms with Gasteiger partial charge in [-0.05, 0) is 59.7 Å². The molecular weight excluding hydrogens is 649 g/mol. The molecule has 6 aromatic carbocycles. The maximum atomic E-state index is 12.5. The third kappa shape index (κ3) is 6.14. The fourth-order valence-corrected chi connectivity index (χ4v) is 6.29. The monoisotopic (exact) mass is 678 g/mol.